The second-order valence-electron chi connectivity index (χ2n) is 4.62. The summed E-state index contributed by atoms with van der Waals surface area (Å²) in [5.41, 5.74) is 3.34. The van der Waals surface area contributed by atoms with Crippen LogP contribution in [-0.2, 0) is 6.42 Å². The second kappa shape index (κ2) is 4.85. The van der Waals surface area contributed by atoms with E-state index in [-0.39, 0.29) is 5.76 Å². The average molecular weight is 266 g/mol. The lowest BCUT2D eigenvalue weighted by atomic mass is 10.0. The highest BCUT2D eigenvalue weighted by molar-refractivity contribution is 6.00. The van der Waals surface area contributed by atoms with Gasteiger partial charge in [0.15, 0.2) is 0 Å². The van der Waals surface area contributed by atoms with E-state index in [1.165, 1.54) is 0 Å². The van der Waals surface area contributed by atoms with Crippen LogP contribution in [0, 0.1) is 0 Å². The largest absolute Gasteiger partial charge is 0.475 e. The molecule has 0 amide bonds. The van der Waals surface area contributed by atoms with Gasteiger partial charge in [-0.2, -0.15) is 0 Å². The van der Waals surface area contributed by atoms with Crippen molar-refractivity contribution in [2.75, 3.05) is 0 Å². The predicted molar refractivity (Wildman–Crippen MR) is 78.0 cm³/mol. The summed E-state index contributed by atoms with van der Waals surface area (Å²) >= 11 is 0. The molecule has 100 valence electrons. The maximum atomic E-state index is 11.3. The second-order valence-corrected chi connectivity index (χ2v) is 4.62. The summed E-state index contributed by atoms with van der Waals surface area (Å²) in [5.74, 6) is -0.969. The Balaban J connectivity index is 2.33. The molecule has 0 aliphatic rings. The molecule has 0 saturated carbocycles. The third-order valence-electron chi connectivity index (χ3n) is 3.45. The van der Waals surface area contributed by atoms with Gasteiger partial charge >= 0.3 is 5.97 Å². The number of carbonyl (C=O) groups is 1. The van der Waals surface area contributed by atoms with Crippen molar-refractivity contribution in [2.45, 2.75) is 13.3 Å². The normalized spacial score (nSPS) is 10.8. The first-order valence-electron chi connectivity index (χ1n) is 6.55. The summed E-state index contributed by atoms with van der Waals surface area (Å²) < 4.78 is 5.64. The molecule has 0 bridgehead atoms. The zero-order valence-corrected chi connectivity index (χ0v) is 11.1. The van der Waals surface area contributed by atoms with E-state index in [0.29, 0.717) is 12.0 Å². The lowest BCUT2D eigenvalue weighted by Gasteiger charge is -2.02. The Kier molecular flexibility index (Phi) is 3.03. The maximum absolute atomic E-state index is 11.3. The molecule has 1 aromatic heterocycles. The summed E-state index contributed by atoms with van der Waals surface area (Å²) in [6.07, 6.45) is 0.632. The van der Waals surface area contributed by atoms with E-state index in [9.17, 15) is 9.90 Å². The fourth-order valence-electron chi connectivity index (χ4n) is 2.54. The molecule has 1 heterocycles. The third-order valence-corrected chi connectivity index (χ3v) is 3.45. The van der Waals surface area contributed by atoms with Crippen molar-refractivity contribution in [1.29, 1.82) is 0 Å². The molecule has 3 heteroatoms. The van der Waals surface area contributed by atoms with Crippen LogP contribution < -0.4 is 0 Å². The molecule has 3 aromatic rings. The summed E-state index contributed by atoms with van der Waals surface area (Å²) in [6, 6.07) is 15.6. The van der Waals surface area contributed by atoms with Gasteiger partial charge in [0.2, 0.25) is 5.76 Å². The molecule has 0 atom stereocenters. The SMILES string of the molecule is CCc1c(C(=O)O)oc2c(-c3ccccc3)cccc12. The van der Waals surface area contributed by atoms with Gasteiger partial charge < -0.3 is 9.52 Å². The smallest absolute Gasteiger partial charge is 0.372 e. The molecule has 0 aliphatic heterocycles. The molecule has 0 radical (unpaired) electrons. The summed E-state index contributed by atoms with van der Waals surface area (Å²) in [6.45, 7) is 1.94. The third kappa shape index (κ3) is 1.88. The van der Waals surface area contributed by atoms with Crippen LogP contribution in [0.1, 0.15) is 23.0 Å². The van der Waals surface area contributed by atoms with Gasteiger partial charge in [-0.05, 0) is 12.0 Å². The molecule has 3 nitrogen and oxygen atoms in total. The summed E-state index contributed by atoms with van der Waals surface area (Å²) in [7, 11) is 0. The van der Waals surface area contributed by atoms with Gasteiger partial charge in [-0.1, -0.05) is 55.5 Å². The molecule has 0 saturated heterocycles. The van der Waals surface area contributed by atoms with Crippen LogP contribution >= 0.6 is 0 Å². The Bertz CT molecular complexity index is 770. The lowest BCUT2D eigenvalue weighted by molar-refractivity contribution is 0.0663. The topological polar surface area (TPSA) is 50.4 Å². The van der Waals surface area contributed by atoms with Crippen LogP contribution in [0.3, 0.4) is 0 Å². The van der Waals surface area contributed by atoms with Gasteiger partial charge in [0.25, 0.3) is 0 Å². The number of benzene rings is 2. The van der Waals surface area contributed by atoms with Crippen LogP contribution in [0.25, 0.3) is 22.1 Å². The Morgan fingerprint density at radius 3 is 2.50 bits per heavy atom. The Labute approximate surface area is 116 Å². The number of rotatable bonds is 3. The highest BCUT2D eigenvalue weighted by atomic mass is 16.4. The molecule has 3 rings (SSSR count). The predicted octanol–water partition coefficient (Wildman–Crippen LogP) is 4.36. The van der Waals surface area contributed by atoms with E-state index in [1.54, 1.807) is 0 Å². The highest BCUT2D eigenvalue weighted by Crippen LogP contribution is 2.34. The molecule has 20 heavy (non-hydrogen) atoms. The van der Waals surface area contributed by atoms with Crippen LogP contribution in [0.2, 0.25) is 0 Å². The monoisotopic (exact) mass is 266 g/mol. The van der Waals surface area contributed by atoms with Gasteiger partial charge in [0.1, 0.15) is 5.58 Å². The van der Waals surface area contributed by atoms with Crippen LogP contribution in [-0.4, -0.2) is 11.1 Å². The fourth-order valence-corrected chi connectivity index (χ4v) is 2.54. The number of hydrogen-bond donors (Lipinski definition) is 1. The molecular formula is C17H14O3. The van der Waals surface area contributed by atoms with E-state index in [1.807, 2.05) is 55.5 Å². The van der Waals surface area contributed by atoms with Crippen molar-refractivity contribution in [1.82, 2.24) is 0 Å². The number of aromatic carboxylic acids is 1. The summed E-state index contributed by atoms with van der Waals surface area (Å²) in [5, 5.41) is 10.1. The number of carboxylic acids is 1. The van der Waals surface area contributed by atoms with Gasteiger partial charge in [-0.25, -0.2) is 4.79 Å². The molecule has 1 N–H and O–H groups in total. The van der Waals surface area contributed by atoms with E-state index < -0.39 is 5.97 Å². The molecular weight excluding hydrogens is 252 g/mol. The number of para-hydroxylation sites is 1. The highest BCUT2D eigenvalue weighted by Gasteiger charge is 2.20. The van der Waals surface area contributed by atoms with Crippen molar-refractivity contribution >= 4 is 16.9 Å². The van der Waals surface area contributed by atoms with Crippen molar-refractivity contribution in [3.63, 3.8) is 0 Å². The molecule has 2 aromatic carbocycles. The zero-order chi connectivity index (χ0) is 14.1. The number of hydrogen-bond acceptors (Lipinski definition) is 2. The number of furan rings is 1. The number of aryl methyl sites for hydroxylation is 1. The van der Waals surface area contributed by atoms with Crippen LogP contribution in [0.4, 0.5) is 0 Å². The first-order chi connectivity index (χ1) is 9.72. The molecule has 0 aliphatic carbocycles. The Morgan fingerprint density at radius 1 is 1.10 bits per heavy atom. The number of carboxylic acid groups (broad SMARTS) is 1. The summed E-state index contributed by atoms with van der Waals surface area (Å²) in [4.78, 5) is 11.3. The number of fused-ring (bicyclic) bond motifs is 1. The maximum Gasteiger partial charge on any atom is 0.372 e. The van der Waals surface area contributed by atoms with Gasteiger partial charge in [-0.15, -0.1) is 0 Å². The van der Waals surface area contributed by atoms with Crippen LogP contribution in [0.5, 0.6) is 0 Å². The lowest BCUT2D eigenvalue weighted by Crippen LogP contribution is -1.97. The quantitative estimate of drug-likeness (QED) is 0.766. The van der Waals surface area contributed by atoms with Crippen molar-refractivity contribution in [3.8, 4) is 11.1 Å². The minimum atomic E-state index is -1.02. The van der Waals surface area contributed by atoms with E-state index in [0.717, 1.165) is 22.1 Å². The zero-order valence-electron chi connectivity index (χ0n) is 11.1. The van der Waals surface area contributed by atoms with Crippen molar-refractivity contribution in [2.24, 2.45) is 0 Å². The van der Waals surface area contributed by atoms with Gasteiger partial charge in [-0.3, -0.25) is 0 Å². The van der Waals surface area contributed by atoms with Crippen molar-refractivity contribution < 1.29 is 14.3 Å². The minimum Gasteiger partial charge on any atom is -0.475 e. The minimum absolute atomic E-state index is 0.0471. The average Bonchev–Trinajstić information content (AvgIpc) is 2.86. The molecule has 0 spiro atoms. The van der Waals surface area contributed by atoms with E-state index in [2.05, 4.69) is 0 Å². The van der Waals surface area contributed by atoms with Crippen LogP contribution in [0.15, 0.2) is 52.9 Å². The molecule has 0 unspecified atom stereocenters. The van der Waals surface area contributed by atoms with Crippen molar-refractivity contribution in [3.05, 3.63) is 59.9 Å². The molecule has 0 fully saturated rings. The van der Waals surface area contributed by atoms with Gasteiger partial charge in [0.05, 0.1) is 0 Å². The fraction of sp³-hybridized carbons (Fsp3) is 0.118. The Morgan fingerprint density at radius 2 is 1.85 bits per heavy atom. The Hall–Kier alpha value is -2.55. The first-order valence-corrected chi connectivity index (χ1v) is 6.55. The van der Waals surface area contributed by atoms with E-state index >= 15 is 0 Å². The van der Waals surface area contributed by atoms with E-state index in [4.69, 9.17) is 4.42 Å². The standard InChI is InChI=1S/C17H14O3/c1-2-12-14-10-6-9-13(11-7-4-3-5-8-11)15(14)20-16(12)17(18)19/h3-10H,2H2,1H3,(H,18,19). The van der Waals surface area contributed by atoms with Gasteiger partial charge in [0, 0.05) is 16.5 Å². The first kappa shape index (κ1) is 12.5.